The van der Waals surface area contributed by atoms with Crippen molar-refractivity contribution >= 4 is 0 Å². The Balaban J connectivity index is 1.71. The molecule has 2 aliphatic rings. The van der Waals surface area contributed by atoms with Gasteiger partial charge in [-0.25, -0.2) is 4.39 Å². The number of piperidine rings is 1. The van der Waals surface area contributed by atoms with Crippen LogP contribution in [-0.4, -0.2) is 23.7 Å². The van der Waals surface area contributed by atoms with Crippen LogP contribution in [0, 0.1) is 5.92 Å². The zero-order valence-electron chi connectivity index (χ0n) is 8.77. The first kappa shape index (κ1) is 9.34. The lowest BCUT2D eigenvalue weighted by Crippen LogP contribution is -2.32. The molecule has 3 atom stereocenters. The maximum absolute atomic E-state index is 13.7. The summed E-state index contributed by atoms with van der Waals surface area (Å²) >= 11 is 0. The molecule has 2 bridgehead atoms. The van der Waals surface area contributed by atoms with Crippen LogP contribution in [0.1, 0.15) is 18.4 Å². The molecular formula is C13H16FN. The van der Waals surface area contributed by atoms with Gasteiger partial charge < -0.3 is 0 Å². The summed E-state index contributed by atoms with van der Waals surface area (Å²) in [6.07, 6.45) is 1.59. The second-order valence-corrected chi connectivity index (χ2v) is 4.76. The van der Waals surface area contributed by atoms with Gasteiger partial charge in [0.2, 0.25) is 0 Å². The molecule has 0 radical (unpaired) electrons. The Morgan fingerprint density at radius 1 is 1.20 bits per heavy atom. The number of hydrogen-bond acceptors (Lipinski definition) is 1. The van der Waals surface area contributed by atoms with Crippen molar-refractivity contribution in [3.05, 3.63) is 35.9 Å². The lowest BCUT2D eigenvalue weighted by molar-refractivity contribution is 0.185. The van der Waals surface area contributed by atoms with E-state index in [4.69, 9.17) is 0 Å². The number of halogens is 1. The van der Waals surface area contributed by atoms with Crippen molar-refractivity contribution in [2.24, 2.45) is 5.92 Å². The van der Waals surface area contributed by atoms with Crippen molar-refractivity contribution in [2.45, 2.75) is 31.6 Å². The van der Waals surface area contributed by atoms with Gasteiger partial charge in [-0.3, -0.25) is 4.90 Å². The largest absolute Gasteiger partial charge is 0.293 e. The monoisotopic (exact) mass is 205 g/mol. The van der Waals surface area contributed by atoms with E-state index < -0.39 is 6.17 Å². The van der Waals surface area contributed by atoms with E-state index in [0.29, 0.717) is 5.92 Å². The van der Waals surface area contributed by atoms with Crippen LogP contribution in [-0.2, 0) is 6.54 Å². The summed E-state index contributed by atoms with van der Waals surface area (Å²) < 4.78 is 13.7. The molecule has 2 heteroatoms. The SMILES string of the molecule is FC1C2CCC1N(Cc1ccccc1)C2. The maximum Gasteiger partial charge on any atom is 0.120 e. The van der Waals surface area contributed by atoms with E-state index in [-0.39, 0.29) is 6.04 Å². The summed E-state index contributed by atoms with van der Waals surface area (Å²) in [7, 11) is 0. The quantitative estimate of drug-likeness (QED) is 0.717. The van der Waals surface area contributed by atoms with E-state index in [1.54, 1.807) is 0 Å². The van der Waals surface area contributed by atoms with Gasteiger partial charge >= 0.3 is 0 Å². The molecule has 1 aliphatic heterocycles. The molecule has 1 saturated heterocycles. The molecule has 15 heavy (non-hydrogen) atoms. The van der Waals surface area contributed by atoms with Gasteiger partial charge in [-0.05, 0) is 18.4 Å². The van der Waals surface area contributed by atoms with E-state index >= 15 is 0 Å². The Morgan fingerprint density at radius 2 is 2.00 bits per heavy atom. The third-order valence-corrected chi connectivity index (χ3v) is 3.82. The van der Waals surface area contributed by atoms with Gasteiger partial charge in [0.25, 0.3) is 0 Å². The van der Waals surface area contributed by atoms with Crippen molar-refractivity contribution in [3.8, 4) is 0 Å². The summed E-state index contributed by atoms with van der Waals surface area (Å²) in [6, 6.07) is 10.6. The summed E-state index contributed by atoms with van der Waals surface area (Å²) in [5.74, 6) is 0.318. The first-order valence-corrected chi connectivity index (χ1v) is 5.76. The fourth-order valence-corrected chi connectivity index (χ4v) is 3.03. The molecule has 2 fully saturated rings. The fourth-order valence-electron chi connectivity index (χ4n) is 3.03. The minimum atomic E-state index is -0.561. The second kappa shape index (κ2) is 3.60. The summed E-state index contributed by atoms with van der Waals surface area (Å²) in [4.78, 5) is 2.31. The summed E-state index contributed by atoms with van der Waals surface area (Å²) in [5, 5.41) is 0. The van der Waals surface area contributed by atoms with E-state index in [9.17, 15) is 4.39 Å². The van der Waals surface area contributed by atoms with Gasteiger partial charge in [0.1, 0.15) is 6.17 Å². The Labute approximate surface area is 89.9 Å². The molecule has 3 rings (SSSR count). The van der Waals surface area contributed by atoms with E-state index in [2.05, 4.69) is 29.2 Å². The van der Waals surface area contributed by atoms with Crippen molar-refractivity contribution in [1.82, 2.24) is 4.90 Å². The van der Waals surface area contributed by atoms with Crippen molar-refractivity contribution < 1.29 is 4.39 Å². The van der Waals surface area contributed by atoms with Crippen LogP contribution in [0.15, 0.2) is 30.3 Å². The molecule has 0 amide bonds. The van der Waals surface area contributed by atoms with E-state index in [0.717, 1.165) is 25.9 Å². The van der Waals surface area contributed by atoms with Crippen LogP contribution in [0.4, 0.5) is 4.39 Å². The van der Waals surface area contributed by atoms with Crippen LogP contribution in [0.3, 0.4) is 0 Å². The molecule has 0 spiro atoms. The zero-order valence-corrected chi connectivity index (χ0v) is 8.77. The Bertz CT molecular complexity index is 338. The lowest BCUT2D eigenvalue weighted by Gasteiger charge is -2.26. The number of fused-ring (bicyclic) bond motifs is 2. The minimum Gasteiger partial charge on any atom is -0.293 e. The Kier molecular flexibility index (Phi) is 2.24. The van der Waals surface area contributed by atoms with Crippen molar-refractivity contribution in [3.63, 3.8) is 0 Å². The van der Waals surface area contributed by atoms with Gasteiger partial charge in [-0.2, -0.15) is 0 Å². The van der Waals surface area contributed by atoms with Crippen LogP contribution in [0.25, 0.3) is 0 Å². The number of hydrogen-bond donors (Lipinski definition) is 0. The molecule has 80 valence electrons. The average molecular weight is 205 g/mol. The van der Waals surface area contributed by atoms with Crippen molar-refractivity contribution in [1.29, 1.82) is 0 Å². The third-order valence-electron chi connectivity index (χ3n) is 3.82. The number of benzene rings is 1. The van der Waals surface area contributed by atoms with Crippen LogP contribution in [0.2, 0.25) is 0 Å². The molecule has 1 saturated carbocycles. The molecule has 1 aromatic rings. The van der Waals surface area contributed by atoms with Crippen LogP contribution >= 0.6 is 0 Å². The fraction of sp³-hybridized carbons (Fsp3) is 0.538. The number of alkyl halides is 1. The van der Waals surface area contributed by atoms with Crippen LogP contribution in [0.5, 0.6) is 0 Å². The minimum absolute atomic E-state index is 0.204. The van der Waals surface area contributed by atoms with Gasteiger partial charge in [0.05, 0.1) is 0 Å². The highest BCUT2D eigenvalue weighted by Gasteiger charge is 2.46. The second-order valence-electron chi connectivity index (χ2n) is 4.76. The summed E-state index contributed by atoms with van der Waals surface area (Å²) in [5.41, 5.74) is 1.30. The standard InChI is InChI=1S/C13H16FN/c14-13-11-6-7-12(13)15(9-11)8-10-4-2-1-3-5-10/h1-5,11-13H,6-9H2. The summed E-state index contributed by atoms with van der Waals surface area (Å²) in [6.45, 7) is 1.88. The first-order valence-electron chi connectivity index (χ1n) is 5.76. The number of rotatable bonds is 2. The highest BCUT2D eigenvalue weighted by atomic mass is 19.1. The molecule has 1 heterocycles. The molecule has 1 aliphatic carbocycles. The Hall–Kier alpha value is -0.890. The highest BCUT2D eigenvalue weighted by Crippen LogP contribution is 2.40. The molecule has 0 aromatic heterocycles. The predicted molar refractivity (Wildman–Crippen MR) is 58.3 cm³/mol. The normalized spacial score (nSPS) is 34.9. The van der Waals surface area contributed by atoms with Gasteiger partial charge in [0, 0.05) is 25.0 Å². The maximum atomic E-state index is 13.7. The topological polar surface area (TPSA) is 3.24 Å². The smallest absolute Gasteiger partial charge is 0.120 e. The first-order chi connectivity index (χ1) is 7.34. The molecular weight excluding hydrogens is 189 g/mol. The molecule has 1 nitrogen and oxygen atoms in total. The van der Waals surface area contributed by atoms with E-state index in [1.807, 2.05) is 6.07 Å². The third kappa shape index (κ3) is 1.57. The van der Waals surface area contributed by atoms with Gasteiger partial charge in [-0.1, -0.05) is 30.3 Å². The van der Waals surface area contributed by atoms with Crippen LogP contribution < -0.4 is 0 Å². The van der Waals surface area contributed by atoms with Gasteiger partial charge in [-0.15, -0.1) is 0 Å². The molecule has 3 unspecified atom stereocenters. The molecule has 0 N–H and O–H groups in total. The van der Waals surface area contributed by atoms with Crippen molar-refractivity contribution in [2.75, 3.05) is 6.54 Å². The Morgan fingerprint density at radius 3 is 2.60 bits per heavy atom. The lowest BCUT2D eigenvalue weighted by atomic mass is 10.1. The predicted octanol–water partition coefficient (Wildman–Crippen LogP) is 2.62. The average Bonchev–Trinajstić information content (AvgIpc) is 2.75. The van der Waals surface area contributed by atoms with Gasteiger partial charge in [0.15, 0.2) is 0 Å². The molecule has 1 aromatic carbocycles. The zero-order chi connectivity index (χ0) is 10.3. The number of nitrogens with zero attached hydrogens (tertiary/aromatic N) is 1. The number of likely N-dealkylation sites (tertiary alicyclic amines) is 1. The highest BCUT2D eigenvalue weighted by molar-refractivity contribution is 5.15. The van der Waals surface area contributed by atoms with E-state index in [1.165, 1.54) is 5.56 Å².